The van der Waals surface area contributed by atoms with Gasteiger partial charge in [0.05, 0.1) is 12.8 Å². The Morgan fingerprint density at radius 1 is 1.37 bits per heavy atom. The Morgan fingerprint density at radius 3 is 2.32 bits per heavy atom. The highest BCUT2D eigenvalue weighted by Gasteiger charge is 2.23. The van der Waals surface area contributed by atoms with Crippen molar-refractivity contribution >= 4 is 10.0 Å². The summed E-state index contributed by atoms with van der Waals surface area (Å²) in [5, 5.41) is 0. The molecule has 0 spiro atoms. The zero-order valence-electron chi connectivity index (χ0n) is 13.1. The molecule has 0 fully saturated rings. The van der Waals surface area contributed by atoms with Crippen LogP contribution in [0.5, 0.6) is 0 Å². The van der Waals surface area contributed by atoms with Crippen molar-refractivity contribution in [1.82, 2.24) is 14.3 Å². The molecule has 19 heavy (non-hydrogen) atoms. The average Bonchev–Trinajstić information content (AvgIpc) is 2.74. The first kappa shape index (κ1) is 18.1. The molecule has 1 N–H and O–H groups in total. The van der Waals surface area contributed by atoms with Crippen LogP contribution in [0.3, 0.4) is 0 Å². The number of aromatic nitrogens is 2. The highest BCUT2D eigenvalue weighted by Crippen LogP contribution is 2.30. The number of nitrogens with zero attached hydrogens (tertiary/aromatic N) is 2. The lowest BCUT2D eigenvalue weighted by atomic mass is 9.88. The van der Waals surface area contributed by atoms with Gasteiger partial charge in [0.15, 0.2) is 0 Å². The van der Waals surface area contributed by atoms with Gasteiger partial charge in [0.25, 0.3) is 0 Å². The van der Waals surface area contributed by atoms with E-state index < -0.39 is 10.0 Å². The predicted octanol–water partition coefficient (Wildman–Crippen LogP) is 2.57. The molecule has 0 amide bonds. The van der Waals surface area contributed by atoms with Gasteiger partial charge >= 0.3 is 0 Å². The van der Waals surface area contributed by atoms with Gasteiger partial charge in [-0.15, -0.1) is 0 Å². The fourth-order valence-electron chi connectivity index (χ4n) is 1.45. The first-order chi connectivity index (χ1) is 8.61. The lowest BCUT2D eigenvalue weighted by Crippen LogP contribution is -2.27. The quantitative estimate of drug-likeness (QED) is 0.926. The molecule has 1 atom stereocenters. The highest BCUT2D eigenvalue weighted by atomic mass is 32.2. The molecule has 5 nitrogen and oxygen atoms in total. The molecule has 0 bridgehead atoms. The molecule has 0 aliphatic carbocycles. The van der Waals surface area contributed by atoms with Crippen LogP contribution in [0.1, 0.15) is 53.4 Å². The van der Waals surface area contributed by atoms with E-state index in [1.165, 1.54) is 0 Å². The van der Waals surface area contributed by atoms with Gasteiger partial charge < -0.3 is 4.57 Å². The number of nitrogens with one attached hydrogen (secondary N) is 1. The van der Waals surface area contributed by atoms with Crippen molar-refractivity contribution in [3.05, 3.63) is 18.2 Å². The molecule has 0 radical (unpaired) electrons. The first-order valence-corrected chi connectivity index (χ1v) is 8.47. The Balaban J connectivity index is 0.00000154. The van der Waals surface area contributed by atoms with E-state index in [2.05, 4.69) is 37.4 Å². The first-order valence-electron chi connectivity index (χ1n) is 6.57. The third kappa shape index (κ3) is 6.20. The van der Waals surface area contributed by atoms with E-state index >= 15 is 0 Å². The molecule has 0 aliphatic heterocycles. The van der Waals surface area contributed by atoms with Crippen molar-refractivity contribution < 1.29 is 8.42 Å². The van der Waals surface area contributed by atoms with Crippen LogP contribution in [0.15, 0.2) is 12.4 Å². The fraction of sp³-hybridized carbons (Fsp3) is 0.769. The van der Waals surface area contributed by atoms with Gasteiger partial charge in [0.2, 0.25) is 10.0 Å². The summed E-state index contributed by atoms with van der Waals surface area (Å²) in [6, 6.07) is 0.251. The smallest absolute Gasteiger partial charge is 0.209 e. The Hall–Kier alpha value is -0.880. The largest absolute Gasteiger partial charge is 0.331 e. The third-order valence-electron chi connectivity index (χ3n) is 2.91. The van der Waals surface area contributed by atoms with Gasteiger partial charge in [-0.05, 0) is 12.3 Å². The minimum Gasteiger partial charge on any atom is -0.331 e. The molecule has 1 aromatic heterocycles. The van der Waals surface area contributed by atoms with Crippen LogP contribution in [0, 0.1) is 5.41 Å². The summed E-state index contributed by atoms with van der Waals surface area (Å²) in [7, 11) is -3.18. The van der Waals surface area contributed by atoms with Crippen molar-refractivity contribution in [3.63, 3.8) is 0 Å². The van der Waals surface area contributed by atoms with Crippen molar-refractivity contribution in [2.24, 2.45) is 5.41 Å². The normalized spacial score (nSPS) is 13.6. The van der Waals surface area contributed by atoms with E-state index in [-0.39, 0.29) is 18.0 Å². The van der Waals surface area contributed by atoms with E-state index in [1.54, 1.807) is 6.20 Å². The molecule has 1 rings (SSSR count). The Morgan fingerprint density at radius 2 is 1.89 bits per heavy atom. The second kappa shape index (κ2) is 7.05. The number of sulfonamides is 1. The molecule has 0 aliphatic rings. The summed E-state index contributed by atoms with van der Waals surface area (Å²) in [4.78, 5) is 4.19. The van der Waals surface area contributed by atoms with Crippen molar-refractivity contribution in [2.45, 2.75) is 54.1 Å². The predicted molar refractivity (Wildman–Crippen MR) is 79.4 cm³/mol. The Labute approximate surface area is 117 Å². The molecule has 6 heteroatoms. The van der Waals surface area contributed by atoms with Gasteiger partial charge in [-0.2, -0.15) is 0 Å². The van der Waals surface area contributed by atoms with Crippen LogP contribution in [-0.4, -0.2) is 24.2 Å². The second-order valence-corrected chi connectivity index (χ2v) is 7.22. The van der Waals surface area contributed by atoms with E-state index in [9.17, 15) is 8.42 Å². The maximum Gasteiger partial charge on any atom is 0.209 e. The zero-order chi connectivity index (χ0) is 15.3. The summed E-state index contributed by atoms with van der Waals surface area (Å²) in [6.45, 7) is 12.8. The standard InChI is InChI=1S/C11H21N3O2S.C2H6/c1-9(11(2,3)4)14-7-6-12-10(14)8-13-17(5,15)16;1-2/h6-7,9,13H,8H2,1-5H3;1-2H3. The summed E-state index contributed by atoms with van der Waals surface area (Å²) in [6.07, 6.45) is 4.73. The number of hydrogen-bond acceptors (Lipinski definition) is 3. The number of imidazole rings is 1. The highest BCUT2D eigenvalue weighted by molar-refractivity contribution is 7.88. The fourth-order valence-corrected chi connectivity index (χ4v) is 1.84. The average molecular weight is 289 g/mol. The van der Waals surface area contributed by atoms with Crippen molar-refractivity contribution in [3.8, 4) is 0 Å². The van der Waals surface area contributed by atoms with Gasteiger partial charge in [-0.3, -0.25) is 0 Å². The summed E-state index contributed by atoms with van der Waals surface area (Å²) >= 11 is 0. The van der Waals surface area contributed by atoms with Crippen LogP contribution in [-0.2, 0) is 16.6 Å². The molecule has 0 aromatic carbocycles. The topological polar surface area (TPSA) is 64.0 Å². The molecular formula is C13H27N3O2S. The van der Waals surface area contributed by atoms with Crippen LogP contribution in [0.2, 0.25) is 0 Å². The van der Waals surface area contributed by atoms with Crippen LogP contribution in [0.25, 0.3) is 0 Å². The minimum atomic E-state index is -3.18. The van der Waals surface area contributed by atoms with Crippen LogP contribution in [0.4, 0.5) is 0 Å². The molecular weight excluding hydrogens is 262 g/mol. The summed E-state index contributed by atoms with van der Waals surface area (Å²) < 4.78 is 26.6. The molecule has 1 heterocycles. The van der Waals surface area contributed by atoms with Crippen molar-refractivity contribution in [1.29, 1.82) is 0 Å². The zero-order valence-corrected chi connectivity index (χ0v) is 13.9. The Kier molecular flexibility index (Phi) is 6.72. The van der Waals surface area contributed by atoms with Gasteiger partial charge in [-0.25, -0.2) is 18.1 Å². The van der Waals surface area contributed by atoms with Gasteiger partial charge in [0.1, 0.15) is 5.82 Å². The lowest BCUT2D eigenvalue weighted by molar-refractivity contribution is 0.257. The van der Waals surface area contributed by atoms with Gasteiger partial charge in [0, 0.05) is 18.4 Å². The maximum absolute atomic E-state index is 11.1. The molecule has 0 saturated carbocycles. The summed E-state index contributed by atoms with van der Waals surface area (Å²) in [5.41, 5.74) is 0.0978. The molecule has 112 valence electrons. The Bertz CT molecular complexity index is 472. The van der Waals surface area contributed by atoms with E-state index in [1.807, 2.05) is 24.6 Å². The lowest BCUT2D eigenvalue weighted by Gasteiger charge is -2.29. The van der Waals surface area contributed by atoms with Crippen LogP contribution < -0.4 is 4.72 Å². The number of hydrogen-bond donors (Lipinski definition) is 1. The monoisotopic (exact) mass is 289 g/mol. The maximum atomic E-state index is 11.1. The van der Waals surface area contributed by atoms with Gasteiger partial charge in [-0.1, -0.05) is 34.6 Å². The molecule has 1 aromatic rings. The van der Waals surface area contributed by atoms with E-state index in [0.29, 0.717) is 0 Å². The van der Waals surface area contributed by atoms with Crippen molar-refractivity contribution in [2.75, 3.05) is 6.26 Å². The SMILES string of the molecule is CC.CC(n1ccnc1CNS(C)(=O)=O)C(C)(C)C. The second-order valence-electron chi connectivity index (χ2n) is 5.39. The van der Waals surface area contributed by atoms with E-state index in [0.717, 1.165) is 12.1 Å². The summed E-state index contributed by atoms with van der Waals surface area (Å²) in [5.74, 6) is 0.734. The number of rotatable bonds is 4. The van der Waals surface area contributed by atoms with Crippen LogP contribution >= 0.6 is 0 Å². The minimum absolute atomic E-state index is 0.0978. The molecule has 1 unspecified atom stereocenters. The third-order valence-corrected chi connectivity index (χ3v) is 3.58. The van der Waals surface area contributed by atoms with E-state index in [4.69, 9.17) is 0 Å². The molecule has 0 saturated heterocycles.